The number of esters is 1. The second-order valence-electron chi connectivity index (χ2n) is 5.09. The maximum Gasteiger partial charge on any atom is 0.338 e. The summed E-state index contributed by atoms with van der Waals surface area (Å²) in [5.74, 6) is -0.417. The van der Waals surface area contributed by atoms with Crippen LogP contribution in [0.1, 0.15) is 27.2 Å². The molecule has 0 fully saturated rings. The van der Waals surface area contributed by atoms with Crippen molar-refractivity contribution in [2.24, 2.45) is 0 Å². The minimum absolute atomic E-state index is 0.0184. The van der Waals surface area contributed by atoms with Crippen molar-refractivity contribution in [1.29, 1.82) is 0 Å². The van der Waals surface area contributed by atoms with Gasteiger partial charge in [0.2, 0.25) is 0 Å². The van der Waals surface area contributed by atoms with E-state index in [9.17, 15) is 9.59 Å². The van der Waals surface area contributed by atoms with Crippen LogP contribution >= 0.6 is 11.3 Å². The Balaban J connectivity index is 1.78. The number of aromatic nitrogens is 2. The lowest BCUT2D eigenvalue weighted by atomic mass is 10.1. The highest BCUT2D eigenvalue weighted by atomic mass is 32.1. The van der Waals surface area contributed by atoms with Gasteiger partial charge in [-0.1, -0.05) is 17.2 Å². The van der Waals surface area contributed by atoms with Crippen molar-refractivity contribution in [1.82, 2.24) is 9.38 Å². The van der Waals surface area contributed by atoms with Crippen LogP contribution in [0, 0.1) is 13.8 Å². The number of aryl methyl sites for hydroxylation is 2. The molecule has 0 bridgehead atoms. The zero-order valence-electron chi connectivity index (χ0n) is 12.2. The summed E-state index contributed by atoms with van der Waals surface area (Å²) in [6.07, 6.45) is 1.67. The predicted octanol–water partition coefficient (Wildman–Crippen LogP) is 2.73. The Morgan fingerprint density at radius 1 is 1.23 bits per heavy atom. The Hall–Kier alpha value is -2.47. The van der Waals surface area contributed by atoms with Gasteiger partial charge in [-0.2, -0.15) is 0 Å². The van der Waals surface area contributed by atoms with Crippen LogP contribution in [-0.2, 0) is 11.3 Å². The van der Waals surface area contributed by atoms with Gasteiger partial charge in [-0.25, -0.2) is 9.78 Å². The lowest BCUT2D eigenvalue weighted by Gasteiger charge is -2.06. The predicted molar refractivity (Wildman–Crippen MR) is 84.4 cm³/mol. The number of nitrogens with zero attached hydrogens (tertiary/aromatic N) is 2. The quantitative estimate of drug-likeness (QED) is 0.697. The normalized spacial score (nSPS) is 10.8. The molecule has 0 radical (unpaired) electrons. The van der Waals surface area contributed by atoms with Crippen LogP contribution in [0.3, 0.4) is 0 Å². The number of rotatable bonds is 3. The summed E-state index contributed by atoms with van der Waals surface area (Å²) in [6.45, 7) is 3.84. The molecule has 3 aromatic rings. The van der Waals surface area contributed by atoms with Gasteiger partial charge in [0.15, 0.2) is 4.96 Å². The largest absolute Gasteiger partial charge is 0.456 e. The maximum atomic E-state index is 12.1. The van der Waals surface area contributed by atoms with E-state index in [1.807, 2.05) is 19.9 Å². The molecule has 112 valence electrons. The average molecular weight is 314 g/mol. The zero-order valence-corrected chi connectivity index (χ0v) is 13.0. The van der Waals surface area contributed by atoms with Crippen LogP contribution in [0.4, 0.5) is 0 Å². The molecule has 5 nitrogen and oxygen atoms in total. The van der Waals surface area contributed by atoms with Crippen molar-refractivity contribution in [3.05, 3.63) is 68.6 Å². The Morgan fingerprint density at radius 3 is 2.68 bits per heavy atom. The number of ether oxygens (including phenoxy) is 1. The van der Waals surface area contributed by atoms with Gasteiger partial charge >= 0.3 is 5.97 Å². The molecule has 0 aliphatic carbocycles. The first-order chi connectivity index (χ1) is 10.5. The van der Waals surface area contributed by atoms with Crippen molar-refractivity contribution >= 4 is 22.3 Å². The number of hydrogen-bond donors (Lipinski definition) is 0. The van der Waals surface area contributed by atoms with E-state index in [1.54, 1.807) is 23.7 Å². The number of hydrogen-bond acceptors (Lipinski definition) is 5. The molecule has 2 heterocycles. The van der Waals surface area contributed by atoms with Crippen LogP contribution in [0.5, 0.6) is 0 Å². The smallest absolute Gasteiger partial charge is 0.338 e. The minimum Gasteiger partial charge on any atom is -0.456 e. The topological polar surface area (TPSA) is 60.7 Å². The molecular formula is C16H14N2O3S. The van der Waals surface area contributed by atoms with Gasteiger partial charge in [0.1, 0.15) is 6.61 Å². The lowest BCUT2D eigenvalue weighted by molar-refractivity contribution is 0.0467. The highest BCUT2D eigenvalue weighted by Crippen LogP contribution is 2.12. The summed E-state index contributed by atoms with van der Waals surface area (Å²) in [7, 11) is 0. The van der Waals surface area contributed by atoms with E-state index in [-0.39, 0.29) is 12.2 Å². The van der Waals surface area contributed by atoms with E-state index in [4.69, 9.17) is 4.74 Å². The molecule has 6 heteroatoms. The van der Waals surface area contributed by atoms with Gasteiger partial charge in [0.25, 0.3) is 5.56 Å². The molecule has 0 saturated carbocycles. The van der Waals surface area contributed by atoms with Gasteiger partial charge < -0.3 is 4.74 Å². The number of carbonyl (C=O) groups excluding carboxylic acids is 1. The first-order valence-corrected chi connectivity index (χ1v) is 7.62. The fourth-order valence-electron chi connectivity index (χ4n) is 2.28. The summed E-state index contributed by atoms with van der Waals surface area (Å²) >= 11 is 1.36. The van der Waals surface area contributed by atoms with Crippen LogP contribution in [0.15, 0.2) is 40.6 Å². The zero-order chi connectivity index (χ0) is 15.7. The SMILES string of the molecule is Cc1cc(C)cc(C(=O)OCc2cc(=O)n3ccsc3n2)c1. The third-order valence-electron chi connectivity index (χ3n) is 3.16. The number of thiazole rings is 1. The van der Waals surface area contributed by atoms with E-state index >= 15 is 0 Å². The number of fused-ring (bicyclic) bond motifs is 1. The van der Waals surface area contributed by atoms with Crippen LogP contribution in [0.25, 0.3) is 4.96 Å². The van der Waals surface area contributed by atoms with E-state index in [0.717, 1.165) is 11.1 Å². The van der Waals surface area contributed by atoms with Crippen LogP contribution in [0.2, 0.25) is 0 Å². The Kier molecular flexibility index (Phi) is 3.77. The molecule has 22 heavy (non-hydrogen) atoms. The van der Waals surface area contributed by atoms with Crippen LogP contribution < -0.4 is 5.56 Å². The molecule has 3 rings (SSSR count). The minimum atomic E-state index is -0.417. The van der Waals surface area contributed by atoms with Crippen molar-refractivity contribution in [3.63, 3.8) is 0 Å². The second kappa shape index (κ2) is 5.73. The molecule has 2 aromatic heterocycles. The van der Waals surface area contributed by atoms with Gasteiger partial charge in [-0.3, -0.25) is 9.20 Å². The molecule has 0 spiro atoms. The highest BCUT2D eigenvalue weighted by Gasteiger charge is 2.10. The summed E-state index contributed by atoms with van der Waals surface area (Å²) in [6, 6.07) is 6.93. The molecule has 0 aliphatic heterocycles. The molecule has 0 N–H and O–H groups in total. The average Bonchev–Trinajstić information content (AvgIpc) is 2.92. The van der Waals surface area contributed by atoms with Crippen molar-refractivity contribution in [2.75, 3.05) is 0 Å². The molecule has 0 atom stereocenters. The van der Waals surface area contributed by atoms with Crippen molar-refractivity contribution in [2.45, 2.75) is 20.5 Å². The first-order valence-electron chi connectivity index (χ1n) is 6.74. The third-order valence-corrected chi connectivity index (χ3v) is 3.92. The van der Waals surface area contributed by atoms with E-state index in [2.05, 4.69) is 4.98 Å². The maximum absolute atomic E-state index is 12.1. The third kappa shape index (κ3) is 2.92. The Bertz CT molecular complexity index is 891. The van der Waals surface area contributed by atoms with Gasteiger partial charge in [0, 0.05) is 17.6 Å². The Labute approximate surface area is 130 Å². The fraction of sp³-hybridized carbons (Fsp3) is 0.188. The van der Waals surface area contributed by atoms with Gasteiger partial charge in [-0.15, -0.1) is 11.3 Å². The number of carbonyl (C=O) groups is 1. The summed E-state index contributed by atoms with van der Waals surface area (Å²) in [4.78, 5) is 28.8. The van der Waals surface area contributed by atoms with E-state index in [1.165, 1.54) is 21.8 Å². The molecule has 0 saturated heterocycles. The van der Waals surface area contributed by atoms with Crippen LogP contribution in [-0.4, -0.2) is 15.4 Å². The van der Waals surface area contributed by atoms with Crippen molar-refractivity contribution < 1.29 is 9.53 Å². The van der Waals surface area contributed by atoms with Gasteiger partial charge in [0.05, 0.1) is 11.3 Å². The molecular weight excluding hydrogens is 300 g/mol. The van der Waals surface area contributed by atoms with Crippen molar-refractivity contribution in [3.8, 4) is 0 Å². The molecule has 0 amide bonds. The van der Waals surface area contributed by atoms with Gasteiger partial charge in [-0.05, 0) is 26.0 Å². The summed E-state index contributed by atoms with van der Waals surface area (Å²) in [5.41, 5.74) is 2.78. The monoisotopic (exact) mass is 314 g/mol. The molecule has 0 aliphatic rings. The Morgan fingerprint density at radius 2 is 1.95 bits per heavy atom. The standard InChI is InChI=1S/C16H14N2O3S/c1-10-5-11(2)7-12(6-10)15(20)21-9-13-8-14(19)18-3-4-22-16(18)17-13/h3-8H,9H2,1-2H3. The number of benzene rings is 1. The van der Waals surface area contributed by atoms with E-state index < -0.39 is 5.97 Å². The fourth-order valence-corrected chi connectivity index (χ4v) is 3.02. The molecule has 1 aromatic carbocycles. The summed E-state index contributed by atoms with van der Waals surface area (Å²) < 4.78 is 6.72. The second-order valence-corrected chi connectivity index (χ2v) is 5.97. The van der Waals surface area contributed by atoms with E-state index in [0.29, 0.717) is 16.2 Å². The molecule has 0 unspecified atom stereocenters. The summed E-state index contributed by atoms with van der Waals surface area (Å²) in [5, 5.41) is 1.79. The first kappa shape index (κ1) is 14.5. The lowest BCUT2D eigenvalue weighted by Crippen LogP contribution is -2.14. The highest BCUT2D eigenvalue weighted by molar-refractivity contribution is 7.15.